The number of carbonyl (C=O) groups excluding carboxylic acids is 1. The molecule has 26 heavy (non-hydrogen) atoms. The van der Waals surface area contributed by atoms with Gasteiger partial charge in [0.05, 0.1) is 0 Å². The van der Waals surface area contributed by atoms with Crippen LogP contribution < -0.4 is 0 Å². The van der Waals surface area contributed by atoms with Crippen molar-refractivity contribution >= 4 is 17.9 Å². The maximum absolute atomic E-state index is 12.2. The molecule has 0 aromatic rings. The van der Waals surface area contributed by atoms with Crippen molar-refractivity contribution in [3.05, 3.63) is 0 Å². The lowest BCUT2D eigenvalue weighted by atomic mass is 9.51. The molecule has 1 nitrogen and oxygen atoms in total. The summed E-state index contributed by atoms with van der Waals surface area (Å²) in [5, 5.41) is 0. The van der Waals surface area contributed by atoms with Crippen molar-refractivity contribution < 1.29 is 4.79 Å². The Hall–Kier alpha value is -0.0400. The van der Waals surface area contributed by atoms with Crippen LogP contribution >= 0.6 is 11.6 Å². The first kappa shape index (κ1) is 20.7. The van der Waals surface area contributed by atoms with Gasteiger partial charge in [-0.3, -0.25) is 0 Å². The molecule has 4 aliphatic rings. The molecule has 0 aromatic heterocycles. The molecule has 4 fully saturated rings. The van der Waals surface area contributed by atoms with Gasteiger partial charge in [-0.1, -0.05) is 26.2 Å². The third-order valence-corrected chi connectivity index (χ3v) is 9.02. The third-order valence-electron chi connectivity index (χ3n) is 8.76. The van der Waals surface area contributed by atoms with Crippen molar-refractivity contribution in [1.82, 2.24) is 0 Å². The second kappa shape index (κ2) is 9.44. The van der Waals surface area contributed by atoms with Gasteiger partial charge in [0.1, 0.15) is 6.29 Å². The van der Waals surface area contributed by atoms with Crippen molar-refractivity contribution in [2.75, 3.05) is 5.88 Å². The van der Waals surface area contributed by atoms with Gasteiger partial charge >= 0.3 is 0 Å². The predicted molar refractivity (Wildman–Crippen MR) is 112 cm³/mol. The maximum Gasteiger partial charge on any atom is 0.123 e. The van der Waals surface area contributed by atoms with Crippen LogP contribution in [0.1, 0.15) is 110 Å². The molecule has 0 heterocycles. The standard InChI is InChI=1S/C24H41ClO/c1-2-3-4-11-23(12-5-18-25)13-9-21(10-14-23)22(19-26)24-15-6-20(7-16-24)8-17-24/h19-22H,2-18H2,1H3. The van der Waals surface area contributed by atoms with E-state index in [2.05, 4.69) is 6.92 Å². The molecular weight excluding hydrogens is 340 g/mol. The highest BCUT2D eigenvalue weighted by molar-refractivity contribution is 6.17. The van der Waals surface area contributed by atoms with Crippen LogP contribution in [-0.2, 0) is 4.79 Å². The average molecular weight is 381 g/mol. The summed E-state index contributed by atoms with van der Waals surface area (Å²) in [7, 11) is 0. The van der Waals surface area contributed by atoms with Gasteiger partial charge in [0, 0.05) is 11.8 Å². The lowest BCUT2D eigenvalue weighted by molar-refractivity contribution is -0.124. The normalized spacial score (nSPS) is 38.2. The molecule has 1 atom stereocenters. The number of alkyl halides is 1. The maximum atomic E-state index is 12.2. The number of rotatable bonds is 10. The van der Waals surface area contributed by atoms with Crippen molar-refractivity contribution in [2.45, 2.75) is 110 Å². The Morgan fingerprint density at radius 1 is 0.923 bits per heavy atom. The highest BCUT2D eigenvalue weighted by Crippen LogP contribution is 2.58. The number of fused-ring (bicyclic) bond motifs is 3. The van der Waals surface area contributed by atoms with Crippen LogP contribution in [0.3, 0.4) is 0 Å². The smallest absolute Gasteiger partial charge is 0.123 e. The molecule has 4 rings (SSSR count). The monoisotopic (exact) mass is 380 g/mol. The summed E-state index contributed by atoms with van der Waals surface area (Å²) in [6.07, 6.45) is 22.8. The average Bonchev–Trinajstić information content (AvgIpc) is 2.70. The zero-order valence-corrected chi connectivity index (χ0v) is 17.9. The Bertz CT molecular complexity index is 416. The van der Waals surface area contributed by atoms with Crippen LogP contribution in [0.2, 0.25) is 0 Å². The van der Waals surface area contributed by atoms with Gasteiger partial charge in [-0.05, 0) is 106 Å². The van der Waals surface area contributed by atoms with Gasteiger partial charge in [-0.2, -0.15) is 0 Å². The zero-order chi connectivity index (χ0) is 18.5. The molecule has 0 radical (unpaired) electrons. The Balaban J connectivity index is 1.61. The molecule has 1 unspecified atom stereocenters. The van der Waals surface area contributed by atoms with Gasteiger partial charge in [0.2, 0.25) is 0 Å². The molecule has 0 spiro atoms. The molecule has 0 N–H and O–H groups in total. The van der Waals surface area contributed by atoms with Crippen LogP contribution in [-0.4, -0.2) is 12.2 Å². The fourth-order valence-corrected chi connectivity index (χ4v) is 7.10. The van der Waals surface area contributed by atoms with E-state index in [-0.39, 0.29) is 0 Å². The van der Waals surface area contributed by atoms with Crippen LogP contribution in [0.15, 0.2) is 0 Å². The summed E-state index contributed by atoms with van der Waals surface area (Å²) in [6.45, 7) is 2.30. The summed E-state index contributed by atoms with van der Waals surface area (Å²) in [6, 6.07) is 0. The van der Waals surface area contributed by atoms with E-state index in [0.717, 1.165) is 11.8 Å². The van der Waals surface area contributed by atoms with E-state index in [1.165, 1.54) is 109 Å². The Morgan fingerprint density at radius 2 is 1.54 bits per heavy atom. The zero-order valence-electron chi connectivity index (χ0n) is 17.1. The highest BCUT2D eigenvalue weighted by atomic mass is 35.5. The summed E-state index contributed by atoms with van der Waals surface area (Å²) in [4.78, 5) is 12.2. The van der Waals surface area contributed by atoms with Crippen LogP contribution in [0.25, 0.3) is 0 Å². The number of halogens is 1. The van der Waals surface area contributed by atoms with E-state index in [1.807, 2.05) is 0 Å². The first-order valence-electron chi connectivity index (χ1n) is 11.7. The second-order valence-corrected chi connectivity index (χ2v) is 10.5. The summed E-state index contributed by atoms with van der Waals surface area (Å²) in [5.74, 6) is 2.81. The van der Waals surface area contributed by atoms with Gasteiger partial charge < -0.3 is 4.79 Å². The summed E-state index contributed by atoms with van der Waals surface area (Å²) < 4.78 is 0. The fraction of sp³-hybridized carbons (Fsp3) is 0.958. The Morgan fingerprint density at radius 3 is 2.08 bits per heavy atom. The summed E-state index contributed by atoms with van der Waals surface area (Å²) in [5.41, 5.74) is 0.926. The van der Waals surface area contributed by atoms with Crippen LogP contribution in [0.5, 0.6) is 0 Å². The molecule has 0 amide bonds. The number of hydrogen-bond donors (Lipinski definition) is 0. The van der Waals surface area contributed by atoms with E-state index in [0.29, 0.717) is 22.7 Å². The van der Waals surface area contributed by atoms with Gasteiger partial charge in [0.25, 0.3) is 0 Å². The molecule has 0 saturated heterocycles. The van der Waals surface area contributed by atoms with E-state index in [1.54, 1.807) is 0 Å². The Labute approximate surface area is 167 Å². The number of carbonyl (C=O) groups is 1. The lowest BCUT2D eigenvalue weighted by Gasteiger charge is -2.53. The highest BCUT2D eigenvalue weighted by Gasteiger charge is 2.49. The minimum atomic E-state index is 0.352. The molecular formula is C24H41ClO. The predicted octanol–water partition coefficient (Wildman–Crippen LogP) is 7.55. The molecule has 0 aromatic carbocycles. The van der Waals surface area contributed by atoms with Gasteiger partial charge in [0.15, 0.2) is 0 Å². The van der Waals surface area contributed by atoms with Gasteiger partial charge in [-0.25, -0.2) is 0 Å². The lowest BCUT2D eigenvalue weighted by Crippen LogP contribution is -2.45. The number of unbranched alkanes of at least 4 members (excludes halogenated alkanes) is 2. The van der Waals surface area contributed by atoms with Crippen molar-refractivity contribution in [1.29, 1.82) is 0 Å². The van der Waals surface area contributed by atoms with Crippen LogP contribution in [0.4, 0.5) is 0 Å². The first-order valence-corrected chi connectivity index (χ1v) is 12.2. The van der Waals surface area contributed by atoms with Crippen molar-refractivity contribution in [3.63, 3.8) is 0 Å². The molecule has 4 aliphatic carbocycles. The minimum Gasteiger partial charge on any atom is -0.303 e. The third kappa shape index (κ3) is 4.50. The molecule has 150 valence electrons. The fourth-order valence-electron chi connectivity index (χ4n) is 6.97. The Kier molecular flexibility index (Phi) is 7.51. The largest absolute Gasteiger partial charge is 0.303 e. The summed E-state index contributed by atoms with van der Waals surface area (Å²) >= 11 is 6.04. The molecule has 2 heteroatoms. The van der Waals surface area contributed by atoms with Crippen molar-refractivity contribution in [2.24, 2.45) is 28.6 Å². The van der Waals surface area contributed by atoms with E-state index in [4.69, 9.17) is 11.6 Å². The topological polar surface area (TPSA) is 17.1 Å². The minimum absolute atomic E-state index is 0.352. The van der Waals surface area contributed by atoms with E-state index < -0.39 is 0 Å². The SMILES string of the molecule is CCCCCC1(CCCCl)CCC(C(C=O)C23CCC(CC2)CC3)CC1. The quantitative estimate of drug-likeness (QED) is 0.217. The number of hydrogen-bond acceptors (Lipinski definition) is 1. The first-order chi connectivity index (χ1) is 12.7. The molecule has 4 saturated carbocycles. The molecule has 0 aliphatic heterocycles. The molecule has 2 bridgehead atoms. The number of aldehydes is 1. The van der Waals surface area contributed by atoms with Gasteiger partial charge in [-0.15, -0.1) is 11.6 Å². The second-order valence-electron chi connectivity index (χ2n) is 10.1. The van der Waals surface area contributed by atoms with E-state index in [9.17, 15) is 4.79 Å². The van der Waals surface area contributed by atoms with Crippen molar-refractivity contribution in [3.8, 4) is 0 Å². The van der Waals surface area contributed by atoms with Crippen LogP contribution in [0, 0.1) is 28.6 Å². The van der Waals surface area contributed by atoms with E-state index >= 15 is 0 Å².